The summed E-state index contributed by atoms with van der Waals surface area (Å²) in [6.45, 7) is 0. The van der Waals surface area contributed by atoms with E-state index in [4.69, 9.17) is 0 Å². The van der Waals surface area contributed by atoms with E-state index in [9.17, 15) is 10.1 Å². The van der Waals surface area contributed by atoms with Gasteiger partial charge in [-0.05, 0) is 42.0 Å². The Hall–Kier alpha value is -4.15. The number of H-pyrrole nitrogens is 1. The molecule has 0 atom stereocenters. The van der Waals surface area contributed by atoms with Gasteiger partial charge in [-0.1, -0.05) is 18.2 Å². The number of hydrogen-bond acceptors (Lipinski definition) is 5. The molecule has 0 bridgehead atoms. The van der Waals surface area contributed by atoms with E-state index in [0.29, 0.717) is 11.1 Å². The van der Waals surface area contributed by atoms with Gasteiger partial charge in [-0.2, -0.15) is 5.26 Å². The first-order chi connectivity index (χ1) is 15.5. The molecule has 0 saturated carbocycles. The quantitative estimate of drug-likeness (QED) is 0.374. The highest BCUT2D eigenvalue weighted by Crippen LogP contribution is 2.39. The molecular weight excluding hydrogens is 418 g/mol. The van der Waals surface area contributed by atoms with Gasteiger partial charge in [0.1, 0.15) is 10.9 Å². The molecule has 7 heteroatoms. The Bertz CT molecular complexity index is 1520. The van der Waals surface area contributed by atoms with Crippen molar-refractivity contribution in [1.82, 2.24) is 14.9 Å². The lowest BCUT2D eigenvalue weighted by molar-refractivity contribution is 0.0827. The predicted molar refractivity (Wildman–Crippen MR) is 129 cm³/mol. The number of nitrogens with zero attached hydrogens (tertiary/aromatic N) is 3. The summed E-state index contributed by atoms with van der Waals surface area (Å²) in [6, 6.07) is 19.9. The lowest BCUT2D eigenvalue weighted by atomic mass is 10.1. The zero-order chi connectivity index (χ0) is 22.2. The van der Waals surface area contributed by atoms with Crippen LogP contribution in [0.2, 0.25) is 0 Å². The van der Waals surface area contributed by atoms with Crippen LogP contribution in [-0.4, -0.2) is 34.9 Å². The molecular formula is C25H19N5OS. The van der Waals surface area contributed by atoms with Crippen molar-refractivity contribution in [2.45, 2.75) is 0 Å². The number of pyridine rings is 1. The fraction of sp³-hybridized carbons (Fsp3) is 0.0800. The molecule has 0 aliphatic heterocycles. The molecule has 0 unspecified atom stereocenters. The average Bonchev–Trinajstić information content (AvgIpc) is 3.46. The van der Waals surface area contributed by atoms with E-state index >= 15 is 0 Å². The highest BCUT2D eigenvalue weighted by atomic mass is 32.1. The highest BCUT2D eigenvalue weighted by molar-refractivity contribution is 7.22. The maximum Gasteiger partial charge on any atom is 0.253 e. The Morgan fingerprint density at radius 2 is 1.97 bits per heavy atom. The van der Waals surface area contributed by atoms with E-state index in [1.54, 1.807) is 25.2 Å². The fourth-order valence-corrected chi connectivity index (χ4v) is 4.75. The maximum atomic E-state index is 12.4. The zero-order valence-corrected chi connectivity index (χ0v) is 18.3. The standard InChI is InChI=1S/C25H19N5OS/c1-30(2)25(31)16-6-3-5-15(11-16)22-12-19-23(17(13-26)14-28-24(19)32-22)29-21-8-4-7-20-18(21)9-10-27-20/h3-12,14,27H,1-2H3,(H,28,29). The zero-order valence-electron chi connectivity index (χ0n) is 17.5. The van der Waals surface area contributed by atoms with Gasteiger partial charge in [0.15, 0.2) is 0 Å². The number of thiophene rings is 1. The monoisotopic (exact) mass is 437 g/mol. The van der Waals surface area contributed by atoms with E-state index in [1.807, 2.05) is 60.8 Å². The molecule has 0 spiro atoms. The summed E-state index contributed by atoms with van der Waals surface area (Å²) in [7, 11) is 3.48. The van der Waals surface area contributed by atoms with Gasteiger partial charge in [0, 0.05) is 58.9 Å². The normalized spacial score (nSPS) is 10.9. The number of rotatable bonds is 4. The smallest absolute Gasteiger partial charge is 0.253 e. The number of anilines is 2. The number of aromatic amines is 1. The highest BCUT2D eigenvalue weighted by Gasteiger charge is 2.16. The van der Waals surface area contributed by atoms with Crippen molar-refractivity contribution in [3.63, 3.8) is 0 Å². The van der Waals surface area contributed by atoms with Gasteiger partial charge < -0.3 is 15.2 Å². The Balaban J connectivity index is 1.62. The summed E-state index contributed by atoms with van der Waals surface area (Å²) >= 11 is 1.54. The molecule has 156 valence electrons. The second kappa shape index (κ2) is 7.84. The maximum absolute atomic E-state index is 12.4. The van der Waals surface area contributed by atoms with Gasteiger partial charge in [0.25, 0.3) is 5.91 Å². The summed E-state index contributed by atoms with van der Waals surface area (Å²) < 4.78 is 0. The van der Waals surface area contributed by atoms with Gasteiger partial charge in [0.2, 0.25) is 0 Å². The molecule has 5 rings (SSSR count). The van der Waals surface area contributed by atoms with Crippen molar-refractivity contribution in [3.05, 3.63) is 78.1 Å². The van der Waals surface area contributed by atoms with Crippen LogP contribution >= 0.6 is 11.3 Å². The summed E-state index contributed by atoms with van der Waals surface area (Å²) in [5, 5.41) is 15.1. The van der Waals surface area contributed by atoms with Gasteiger partial charge in [0.05, 0.1) is 11.3 Å². The average molecular weight is 438 g/mol. The van der Waals surface area contributed by atoms with Crippen molar-refractivity contribution in [2.24, 2.45) is 0 Å². The second-order valence-corrected chi connectivity index (χ2v) is 8.67. The molecule has 0 aliphatic rings. The fourth-order valence-electron chi connectivity index (χ4n) is 3.74. The third-order valence-electron chi connectivity index (χ3n) is 5.34. The van der Waals surface area contributed by atoms with Crippen molar-refractivity contribution < 1.29 is 4.79 Å². The molecule has 1 amide bonds. The number of carbonyl (C=O) groups excluding carboxylic acids is 1. The van der Waals surface area contributed by atoms with Crippen LogP contribution in [0.1, 0.15) is 15.9 Å². The minimum absolute atomic E-state index is 0.0418. The van der Waals surface area contributed by atoms with Crippen LogP contribution in [0.3, 0.4) is 0 Å². The Morgan fingerprint density at radius 1 is 1.12 bits per heavy atom. The van der Waals surface area contributed by atoms with Crippen molar-refractivity contribution >= 4 is 49.7 Å². The molecule has 3 aromatic heterocycles. The number of carbonyl (C=O) groups is 1. The Labute approximate surface area is 188 Å². The topological polar surface area (TPSA) is 84.8 Å². The molecule has 2 N–H and O–H groups in total. The molecule has 0 aliphatic carbocycles. The van der Waals surface area contributed by atoms with Gasteiger partial charge >= 0.3 is 0 Å². The van der Waals surface area contributed by atoms with Crippen LogP contribution in [0.15, 0.2) is 67.0 Å². The van der Waals surface area contributed by atoms with E-state index in [1.165, 1.54) is 11.3 Å². The Morgan fingerprint density at radius 3 is 2.78 bits per heavy atom. The van der Waals surface area contributed by atoms with Crippen LogP contribution in [0.4, 0.5) is 11.4 Å². The minimum atomic E-state index is -0.0418. The van der Waals surface area contributed by atoms with Crippen molar-refractivity contribution in [1.29, 1.82) is 5.26 Å². The van der Waals surface area contributed by atoms with Crippen LogP contribution in [0, 0.1) is 11.3 Å². The SMILES string of the molecule is CN(C)C(=O)c1cccc(-c2cc3c(Nc4cccc5[nH]ccc45)c(C#N)cnc3s2)c1. The van der Waals surface area contributed by atoms with E-state index < -0.39 is 0 Å². The Kier molecular flexibility index (Phi) is 4.85. The number of fused-ring (bicyclic) bond motifs is 2. The van der Waals surface area contributed by atoms with Crippen LogP contribution in [0.25, 0.3) is 31.6 Å². The molecule has 3 heterocycles. The van der Waals surface area contributed by atoms with Gasteiger partial charge in [-0.25, -0.2) is 4.98 Å². The largest absolute Gasteiger partial charge is 0.361 e. The second-order valence-electron chi connectivity index (χ2n) is 7.64. The van der Waals surface area contributed by atoms with Crippen molar-refractivity contribution in [2.75, 3.05) is 19.4 Å². The number of aromatic nitrogens is 2. The molecule has 2 aromatic carbocycles. The lowest BCUT2D eigenvalue weighted by Gasteiger charge is -2.11. The van der Waals surface area contributed by atoms with Gasteiger partial charge in [-0.3, -0.25) is 4.79 Å². The summed E-state index contributed by atoms with van der Waals surface area (Å²) in [4.78, 5) is 23.5. The van der Waals surface area contributed by atoms with E-state index in [-0.39, 0.29) is 5.91 Å². The molecule has 32 heavy (non-hydrogen) atoms. The van der Waals surface area contributed by atoms with Crippen LogP contribution in [0.5, 0.6) is 0 Å². The predicted octanol–water partition coefficient (Wildman–Crippen LogP) is 5.76. The summed E-state index contributed by atoms with van der Waals surface area (Å²) in [5.41, 5.74) is 4.72. The molecule has 5 aromatic rings. The first-order valence-electron chi connectivity index (χ1n) is 10.0. The van der Waals surface area contributed by atoms with Crippen molar-refractivity contribution in [3.8, 4) is 16.5 Å². The molecule has 6 nitrogen and oxygen atoms in total. The molecule has 0 fully saturated rings. The number of amides is 1. The third kappa shape index (κ3) is 3.37. The summed E-state index contributed by atoms with van der Waals surface area (Å²) in [6.07, 6.45) is 3.50. The van der Waals surface area contributed by atoms with E-state index in [0.717, 1.165) is 42.9 Å². The summed E-state index contributed by atoms with van der Waals surface area (Å²) in [5.74, 6) is -0.0418. The molecule has 0 saturated heterocycles. The number of hydrogen-bond donors (Lipinski definition) is 2. The third-order valence-corrected chi connectivity index (χ3v) is 6.43. The molecule has 0 radical (unpaired) electrons. The first-order valence-corrected chi connectivity index (χ1v) is 10.8. The number of nitrogens with one attached hydrogen (secondary N) is 2. The lowest BCUT2D eigenvalue weighted by Crippen LogP contribution is -2.21. The van der Waals surface area contributed by atoms with Gasteiger partial charge in [-0.15, -0.1) is 11.3 Å². The van der Waals surface area contributed by atoms with E-state index in [2.05, 4.69) is 21.4 Å². The minimum Gasteiger partial charge on any atom is -0.361 e. The number of benzene rings is 2. The van der Waals surface area contributed by atoms with Crippen LogP contribution in [-0.2, 0) is 0 Å². The first kappa shape index (κ1) is 19.8. The van der Waals surface area contributed by atoms with Crippen LogP contribution < -0.4 is 5.32 Å². The number of nitriles is 1.